The molecule has 1 heterocycles. The number of rotatable bonds is 4. The normalized spacial score (nSPS) is 20.2. The van der Waals surface area contributed by atoms with Crippen LogP contribution in [-0.4, -0.2) is 26.4 Å². The molecule has 2 rings (SSSR count). The zero-order chi connectivity index (χ0) is 10.5. The van der Waals surface area contributed by atoms with Gasteiger partial charge in [-0.2, -0.15) is 0 Å². The van der Waals surface area contributed by atoms with E-state index in [2.05, 4.69) is 0 Å². The summed E-state index contributed by atoms with van der Waals surface area (Å²) in [4.78, 5) is 0. The number of methoxy groups -OCH3 is 1. The van der Waals surface area contributed by atoms with Crippen LogP contribution in [0, 0.1) is 0 Å². The Morgan fingerprint density at radius 1 is 1.40 bits per heavy atom. The molecule has 1 aliphatic rings. The fourth-order valence-electron chi connectivity index (χ4n) is 1.66. The first kappa shape index (κ1) is 10.3. The van der Waals surface area contributed by atoms with Gasteiger partial charge in [0.15, 0.2) is 0 Å². The van der Waals surface area contributed by atoms with Crippen LogP contribution < -0.4 is 9.47 Å². The topological polar surface area (TPSA) is 27.7 Å². The second kappa shape index (κ2) is 5.03. The van der Waals surface area contributed by atoms with E-state index in [0.717, 1.165) is 30.9 Å². The summed E-state index contributed by atoms with van der Waals surface area (Å²) < 4.78 is 16.2. The summed E-state index contributed by atoms with van der Waals surface area (Å²) in [5, 5.41) is 0. The standard InChI is InChI=1S/C12H16O3/c1-13-10-4-2-5-11(8-10)15-9-12-6-3-7-14-12/h2,4-5,8,12H,3,6-7,9H2,1H3. The molecule has 1 atom stereocenters. The second-order valence-corrected chi connectivity index (χ2v) is 3.63. The lowest BCUT2D eigenvalue weighted by Crippen LogP contribution is -2.16. The van der Waals surface area contributed by atoms with Crippen molar-refractivity contribution in [1.29, 1.82) is 0 Å². The molecule has 0 spiro atoms. The van der Waals surface area contributed by atoms with Gasteiger partial charge in [-0.25, -0.2) is 0 Å². The van der Waals surface area contributed by atoms with Crippen LogP contribution in [0.3, 0.4) is 0 Å². The minimum atomic E-state index is 0.260. The fourth-order valence-corrected chi connectivity index (χ4v) is 1.66. The molecule has 0 bridgehead atoms. The van der Waals surface area contributed by atoms with Gasteiger partial charge in [-0.05, 0) is 25.0 Å². The molecule has 0 saturated carbocycles. The summed E-state index contributed by atoms with van der Waals surface area (Å²) in [6.45, 7) is 1.50. The SMILES string of the molecule is COc1cccc(OCC2CCCO2)c1. The quantitative estimate of drug-likeness (QED) is 0.759. The first-order valence-electron chi connectivity index (χ1n) is 5.27. The van der Waals surface area contributed by atoms with E-state index in [4.69, 9.17) is 14.2 Å². The third-order valence-corrected chi connectivity index (χ3v) is 2.50. The van der Waals surface area contributed by atoms with E-state index in [1.165, 1.54) is 0 Å². The first-order valence-corrected chi connectivity index (χ1v) is 5.27. The summed E-state index contributed by atoms with van der Waals surface area (Å²) in [6, 6.07) is 7.63. The maximum Gasteiger partial charge on any atom is 0.123 e. The Balaban J connectivity index is 1.86. The van der Waals surface area contributed by atoms with Gasteiger partial charge in [-0.3, -0.25) is 0 Å². The fraction of sp³-hybridized carbons (Fsp3) is 0.500. The molecule has 1 aromatic rings. The summed E-state index contributed by atoms with van der Waals surface area (Å²) in [5.41, 5.74) is 0. The van der Waals surface area contributed by atoms with Crippen LogP contribution >= 0.6 is 0 Å². The third-order valence-electron chi connectivity index (χ3n) is 2.50. The van der Waals surface area contributed by atoms with Gasteiger partial charge >= 0.3 is 0 Å². The lowest BCUT2D eigenvalue weighted by atomic mass is 10.2. The van der Waals surface area contributed by atoms with E-state index < -0.39 is 0 Å². The molecular weight excluding hydrogens is 192 g/mol. The Bertz CT molecular complexity index is 305. The number of hydrogen-bond acceptors (Lipinski definition) is 3. The van der Waals surface area contributed by atoms with E-state index in [1.54, 1.807) is 7.11 Å². The number of benzene rings is 1. The molecule has 0 amide bonds. The maximum absolute atomic E-state index is 5.63. The van der Waals surface area contributed by atoms with Crippen molar-refractivity contribution in [1.82, 2.24) is 0 Å². The van der Waals surface area contributed by atoms with Crippen molar-refractivity contribution in [3.8, 4) is 11.5 Å². The number of ether oxygens (including phenoxy) is 3. The summed E-state index contributed by atoms with van der Waals surface area (Å²) in [5.74, 6) is 1.66. The van der Waals surface area contributed by atoms with Gasteiger partial charge < -0.3 is 14.2 Å². The van der Waals surface area contributed by atoms with Crippen molar-refractivity contribution in [3.63, 3.8) is 0 Å². The first-order chi connectivity index (χ1) is 7.38. The Morgan fingerprint density at radius 2 is 2.27 bits per heavy atom. The van der Waals surface area contributed by atoms with E-state index in [-0.39, 0.29) is 6.10 Å². The van der Waals surface area contributed by atoms with Crippen molar-refractivity contribution in [2.75, 3.05) is 20.3 Å². The average molecular weight is 208 g/mol. The zero-order valence-electron chi connectivity index (χ0n) is 8.94. The van der Waals surface area contributed by atoms with Gasteiger partial charge in [0.05, 0.1) is 13.2 Å². The highest BCUT2D eigenvalue weighted by atomic mass is 16.5. The van der Waals surface area contributed by atoms with Crippen molar-refractivity contribution in [3.05, 3.63) is 24.3 Å². The lowest BCUT2D eigenvalue weighted by molar-refractivity contribution is 0.0679. The minimum Gasteiger partial charge on any atom is -0.497 e. The molecule has 1 aromatic carbocycles. The van der Waals surface area contributed by atoms with Crippen LogP contribution in [0.15, 0.2) is 24.3 Å². The Kier molecular flexibility index (Phi) is 3.45. The van der Waals surface area contributed by atoms with Crippen LogP contribution in [0.25, 0.3) is 0 Å². The predicted molar refractivity (Wildman–Crippen MR) is 57.5 cm³/mol. The van der Waals surface area contributed by atoms with E-state index >= 15 is 0 Å². The Morgan fingerprint density at radius 3 is 3.00 bits per heavy atom. The molecule has 0 N–H and O–H groups in total. The van der Waals surface area contributed by atoms with Gasteiger partial charge in [0.1, 0.15) is 18.1 Å². The van der Waals surface area contributed by atoms with Crippen molar-refractivity contribution in [2.45, 2.75) is 18.9 Å². The van der Waals surface area contributed by atoms with Crippen LogP contribution in [0.2, 0.25) is 0 Å². The molecular formula is C12H16O3. The zero-order valence-corrected chi connectivity index (χ0v) is 8.94. The second-order valence-electron chi connectivity index (χ2n) is 3.63. The molecule has 0 aromatic heterocycles. The maximum atomic E-state index is 5.63. The molecule has 1 aliphatic heterocycles. The van der Waals surface area contributed by atoms with Gasteiger partial charge in [0.25, 0.3) is 0 Å². The third kappa shape index (κ3) is 2.86. The van der Waals surface area contributed by atoms with Gasteiger partial charge in [0.2, 0.25) is 0 Å². The molecule has 1 fully saturated rings. The average Bonchev–Trinajstić information content (AvgIpc) is 2.79. The molecule has 1 saturated heterocycles. The molecule has 1 unspecified atom stereocenters. The van der Waals surface area contributed by atoms with Gasteiger partial charge in [-0.15, -0.1) is 0 Å². The largest absolute Gasteiger partial charge is 0.497 e. The van der Waals surface area contributed by atoms with Gasteiger partial charge in [-0.1, -0.05) is 6.07 Å². The molecule has 15 heavy (non-hydrogen) atoms. The van der Waals surface area contributed by atoms with Crippen molar-refractivity contribution >= 4 is 0 Å². The Labute approximate surface area is 90.0 Å². The highest BCUT2D eigenvalue weighted by Gasteiger charge is 2.15. The van der Waals surface area contributed by atoms with Crippen LogP contribution in [0.5, 0.6) is 11.5 Å². The molecule has 0 radical (unpaired) electrons. The van der Waals surface area contributed by atoms with E-state index in [9.17, 15) is 0 Å². The van der Waals surface area contributed by atoms with Crippen LogP contribution in [0.1, 0.15) is 12.8 Å². The highest BCUT2D eigenvalue weighted by molar-refractivity contribution is 5.32. The number of hydrogen-bond donors (Lipinski definition) is 0. The van der Waals surface area contributed by atoms with E-state index in [1.807, 2.05) is 24.3 Å². The van der Waals surface area contributed by atoms with Crippen molar-refractivity contribution < 1.29 is 14.2 Å². The molecule has 0 aliphatic carbocycles. The Hall–Kier alpha value is -1.22. The van der Waals surface area contributed by atoms with Crippen molar-refractivity contribution in [2.24, 2.45) is 0 Å². The minimum absolute atomic E-state index is 0.260. The highest BCUT2D eigenvalue weighted by Crippen LogP contribution is 2.20. The summed E-state index contributed by atoms with van der Waals surface area (Å²) >= 11 is 0. The molecule has 3 heteroatoms. The van der Waals surface area contributed by atoms with Crippen LogP contribution in [-0.2, 0) is 4.74 Å². The summed E-state index contributed by atoms with van der Waals surface area (Å²) in [7, 11) is 1.65. The van der Waals surface area contributed by atoms with E-state index in [0.29, 0.717) is 6.61 Å². The smallest absolute Gasteiger partial charge is 0.123 e. The molecule has 3 nitrogen and oxygen atoms in total. The summed E-state index contributed by atoms with van der Waals surface area (Å²) in [6.07, 6.45) is 2.51. The molecule has 82 valence electrons. The van der Waals surface area contributed by atoms with Gasteiger partial charge in [0, 0.05) is 12.7 Å². The van der Waals surface area contributed by atoms with Crippen LogP contribution in [0.4, 0.5) is 0 Å². The lowest BCUT2D eigenvalue weighted by Gasteiger charge is -2.11. The predicted octanol–water partition coefficient (Wildman–Crippen LogP) is 2.25. The monoisotopic (exact) mass is 208 g/mol.